The average Bonchev–Trinajstić information content (AvgIpc) is 2.92. The molecule has 1 N–H and O–H groups in total. The van der Waals surface area contributed by atoms with Crippen LogP contribution in [-0.4, -0.2) is 49.5 Å². The zero-order valence-electron chi connectivity index (χ0n) is 21.4. The summed E-state index contributed by atoms with van der Waals surface area (Å²) in [6.45, 7) is 9.81. The quantitative estimate of drug-likeness (QED) is 0.458. The van der Waals surface area contributed by atoms with Gasteiger partial charge >= 0.3 is 0 Å². The van der Waals surface area contributed by atoms with Gasteiger partial charge in [-0.3, -0.25) is 9.59 Å². The van der Waals surface area contributed by atoms with Crippen LogP contribution in [0, 0.1) is 5.92 Å². The van der Waals surface area contributed by atoms with E-state index >= 15 is 0 Å². The SMILES string of the molecule is CCc1ccc(C(=O)N2CCN(c3ccc(NC(=O)c4cccc(OCC(C)C)c4)cc3)CC2)cc1. The molecule has 0 radical (unpaired) electrons. The van der Waals surface area contributed by atoms with Crippen molar-refractivity contribution in [3.8, 4) is 5.75 Å². The largest absolute Gasteiger partial charge is 0.493 e. The van der Waals surface area contributed by atoms with Crippen molar-refractivity contribution in [3.05, 3.63) is 89.5 Å². The molecule has 1 fully saturated rings. The minimum Gasteiger partial charge on any atom is -0.493 e. The van der Waals surface area contributed by atoms with Crippen LogP contribution in [0.4, 0.5) is 11.4 Å². The average molecular weight is 486 g/mol. The van der Waals surface area contributed by atoms with Gasteiger partial charge in [-0.05, 0) is 72.5 Å². The Bertz CT molecular complexity index is 1160. The molecule has 0 unspecified atom stereocenters. The second-order valence-corrected chi connectivity index (χ2v) is 9.56. The van der Waals surface area contributed by atoms with Gasteiger partial charge in [0.25, 0.3) is 11.8 Å². The number of hydrogen-bond acceptors (Lipinski definition) is 4. The number of anilines is 2. The third kappa shape index (κ3) is 6.45. The monoisotopic (exact) mass is 485 g/mol. The number of amides is 2. The number of benzene rings is 3. The van der Waals surface area contributed by atoms with Gasteiger partial charge in [0.15, 0.2) is 0 Å². The van der Waals surface area contributed by atoms with E-state index in [4.69, 9.17) is 4.74 Å². The molecule has 0 aliphatic carbocycles. The molecule has 0 aromatic heterocycles. The Kier molecular flexibility index (Phi) is 8.26. The lowest BCUT2D eigenvalue weighted by Crippen LogP contribution is -2.48. The molecule has 2 amide bonds. The maximum absolute atomic E-state index is 12.9. The zero-order valence-corrected chi connectivity index (χ0v) is 21.4. The lowest BCUT2D eigenvalue weighted by atomic mass is 10.1. The van der Waals surface area contributed by atoms with E-state index in [-0.39, 0.29) is 11.8 Å². The van der Waals surface area contributed by atoms with Crippen molar-refractivity contribution >= 4 is 23.2 Å². The van der Waals surface area contributed by atoms with Gasteiger partial charge in [0.1, 0.15) is 5.75 Å². The Morgan fingerprint density at radius 2 is 1.58 bits per heavy atom. The summed E-state index contributed by atoms with van der Waals surface area (Å²) < 4.78 is 5.74. The van der Waals surface area contributed by atoms with Gasteiger partial charge in [-0.25, -0.2) is 0 Å². The van der Waals surface area contributed by atoms with Crippen molar-refractivity contribution in [3.63, 3.8) is 0 Å². The molecule has 6 heteroatoms. The van der Waals surface area contributed by atoms with E-state index in [9.17, 15) is 9.59 Å². The van der Waals surface area contributed by atoms with Gasteiger partial charge in [0.2, 0.25) is 0 Å². The third-order valence-electron chi connectivity index (χ3n) is 6.35. The molecule has 36 heavy (non-hydrogen) atoms. The molecule has 4 rings (SSSR count). The van der Waals surface area contributed by atoms with E-state index in [2.05, 4.69) is 31.0 Å². The highest BCUT2D eigenvalue weighted by molar-refractivity contribution is 6.04. The third-order valence-corrected chi connectivity index (χ3v) is 6.35. The van der Waals surface area contributed by atoms with Gasteiger partial charge in [-0.15, -0.1) is 0 Å². The summed E-state index contributed by atoms with van der Waals surface area (Å²) in [4.78, 5) is 29.8. The van der Waals surface area contributed by atoms with Crippen molar-refractivity contribution in [2.75, 3.05) is 43.0 Å². The molecule has 1 aliphatic rings. The van der Waals surface area contributed by atoms with E-state index in [1.807, 2.05) is 65.6 Å². The van der Waals surface area contributed by atoms with Crippen LogP contribution in [0.25, 0.3) is 0 Å². The lowest BCUT2D eigenvalue weighted by molar-refractivity contribution is 0.0746. The fourth-order valence-corrected chi connectivity index (χ4v) is 4.18. The summed E-state index contributed by atoms with van der Waals surface area (Å²) in [6.07, 6.45) is 0.968. The van der Waals surface area contributed by atoms with Crippen molar-refractivity contribution in [2.45, 2.75) is 27.2 Å². The molecular weight excluding hydrogens is 450 g/mol. The van der Waals surface area contributed by atoms with Crippen molar-refractivity contribution < 1.29 is 14.3 Å². The van der Waals surface area contributed by atoms with Gasteiger partial charge in [-0.1, -0.05) is 39.0 Å². The highest BCUT2D eigenvalue weighted by Crippen LogP contribution is 2.22. The van der Waals surface area contributed by atoms with E-state index in [1.54, 1.807) is 12.1 Å². The van der Waals surface area contributed by atoms with Crippen LogP contribution in [-0.2, 0) is 6.42 Å². The van der Waals surface area contributed by atoms with E-state index in [0.29, 0.717) is 36.9 Å². The fourth-order valence-electron chi connectivity index (χ4n) is 4.18. The van der Waals surface area contributed by atoms with Crippen LogP contribution in [0.5, 0.6) is 5.75 Å². The molecule has 6 nitrogen and oxygen atoms in total. The highest BCUT2D eigenvalue weighted by Gasteiger charge is 2.22. The molecule has 0 bridgehead atoms. The highest BCUT2D eigenvalue weighted by atomic mass is 16.5. The smallest absolute Gasteiger partial charge is 0.255 e. The molecule has 0 atom stereocenters. The first-order chi connectivity index (χ1) is 17.4. The Morgan fingerprint density at radius 3 is 2.22 bits per heavy atom. The summed E-state index contributed by atoms with van der Waals surface area (Å²) in [7, 11) is 0. The first kappa shape index (κ1) is 25.3. The minimum atomic E-state index is -0.170. The van der Waals surface area contributed by atoms with Gasteiger partial charge in [-0.2, -0.15) is 0 Å². The molecule has 188 valence electrons. The number of aryl methyl sites for hydroxylation is 1. The van der Waals surface area contributed by atoms with E-state index in [0.717, 1.165) is 36.4 Å². The van der Waals surface area contributed by atoms with Crippen LogP contribution >= 0.6 is 0 Å². The Labute approximate surface area is 213 Å². The van der Waals surface area contributed by atoms with E-state index < -0.39 is 0 Å². The normalized spacial score (nSPS) is 13.6. The summed E-state index contributed by atoms with van der Waals surface area (Å²) >= 11 is 0. The number of ether oxygens (including phenoxy) is 1. The van der Waals surface area contributed by atoms with Gasteiger partial charge in [0.05, 0.1) is 6.61 Å². The number of hydrogen-bond donors (Lipinski definition) is 1. The van der Waals surface area contributed by atoms with Crippen LogP contribution in [0.1, 0.15) is 47.1 Å². The van der Waals surface area contributed by atoms with Crippen molar-refractivity contribution in [1.29, 1.82) is 0 Å². The van der Waals surface area contributed by atoms with Crippen LogP contribution in [0.3, 0.4) is 0 Å². The standard InChI is InChI=1S/C30H35N3O3/c1-4-23-8-10-24(11-9-23)30(35)33-18-16-32(17-19-33)27-14-12-26(13-15-27)31-29(34)25-6-5-7-28(20-25)36-21-22(2)3/h5-15,20,22H,4,16-19,21H2,1-3H3,(H,31,34). The summed E-state index contributed by atoms with van der Waals surface area (Å²) in [6, 6.07) is 23.0. The lowest BCUT2D eigenvalue weighted by Gasteiger charge is -2.36. The van der Waals surface area contributed by atoms with Crippen molar-refractivity contribution in [1.82, 2.24) is 4.90 Å². The predicted octanol–water partition coefficient (Wildman–Crippen LogP) is 5.50. The molecule has 3 aromatic carbocycles. The second-order valence-electron chi connectivity index (χ2n) is 9.56. The predicted molar refractivity (Wildman–Crippen MR) is 145 cm³/mol. The molecule has 0 spiro atoms. The van der Waals surface area contributed by atoms with Crippen molar-refractivity contribution in [2.24, 2.45) is 5.92 Å². The molecule has 0 saturated carbocycles. The number of nitrogens with one attached hydrogen (secondary N) is 1. The Balaban J connectivity index is 1.30. The maximum Gasteiger partial charge on any atom is 0.255 e. The number of carbonyl (C=O) groups is 2. The van der Waals surface area contributed by atoms with Crippen LogP contribution in [0.15, 0.2) is 72.8 Å². The first-order valence-corrected chi connectivity index (χ1v) is 12.7. The molecule has 1 saturated heterocycles. The van der Waals surface area contributed by atoms with Gasteiger partial charge < -0.3 is 19.9 Å². The van der Waals surface area contributed by atoms with Crippen LogP contribution in [0.2, 0.25) is 0 Å². The summed E-state index contributed by atoms with van der Waals surface area (Å²) in [5.41, 5.74) is 4.36. The second kappa shape index (κ2) is 11.8. The first-order valence-electron chi connectivity index (χ1n) is 12.7. The summed E-state index contributed by atoms with van der Waals surface area (Å²) in [5.74, 6) is 1.04. The molecule has 1 heterocycles. The number of carbonyl (C=O) groups excluding carboxylic acids is 2. The van der Waals surface area contributed by atoms with Crippen LogP contribution < -0.4 is 15.0 Å². The molecule has 1 aliphatic heterocycles. The topological polar surface area (TPSA) is 61.9 Å². The fraction of sp³-hybridized carbons (Fsp3) is 0.333. The number of rotatable bonds is 8. The van der Waals surface area contributed by atoms with E-state index in [1.165, 1.54) is 5.56 Å². The molecular formula is C30H35N3O3. The number of nitrogens with zero attached hydrogens (tertiary/aromatic N) is 2. The molecule has 3 aromatic rings. The zero-order chi connectivity index (χ0) is 25.5. The Hall–Kier alpha value is -3.80. The maximum atomic E-state index is 12.9. The Morgan fingerprint density at radius 1 is 0.889 bits per heavy atom. The summed E-state index contributed by atoms with van der Waals surface area (Å²) in [5, 5.41) is 2.96. The minimum absolute atomic E-state index is 0.0917. The van der Waals surface area contributed by atoms with Gasteiger partial charge in [0, 0.05) is 48.7 Å². The number of piperazine rings is 1.